The molecule has 32 heavy (non-hydrogen) atoms. The predicted molar refractivity (Wildman–Crippen MR) is 122 cm³/mol. The number of imidazole rings is 1. The van der Waals surface area contributed by atoms with E-state index in [0.717, 1.165) is 42.7 Å². The van der Waals surface area contributed by atoms with Crippen molar-refractivity contribution in [1.29, 1.82) is 0 Å². The molecule has 0 bridgehead atoms. The summed E-state index contributed by atoms with van der Waals surface area (Å²) in [6.07, 6.45) is 6.83. The zero-order chi connectivity index (χ0) is 22.5. The first kappa shape index (κ1) is 22.2. The highest BCUT2D eigenvalue weighted by molar-refractivity contribution is 6.31. The maximum atomic E-state index is 12.7. The van der Waals surface area contributed by atoms with Gasteiger partial charge in [0.2, 0.25) is 5.95 Å². The summed E-state index contributed by atoms with van der Waals surface area (Å²) in [4.78, 5) is 25.9. The second-order valence-corrected chi connectivity index (χ2v) is 8.07. The molecule has 0 radical (unpaired) electrons. The van der Waals surface area contributed by atoms with Gasteiger partial charge in [0.25, 0.3) is 5.91 Å². The second kappa shape index (κ2) is 10.1. The number of carbonyl (C=O) groups excluding carboxylic acids is 1. The van der Waals surface area contributed by atoms with Crippen molar-refractivity contribution in [2.45, 2.75) is 38.9 Å². The second-order valence-electron chi connectivity index (χ2n) is 7.66. The molecule has 4 N–H and O–H groups in total. The molecule has 3 heterocycles. The average molecular weight is 456 g/mol. The fourth-order valence-corrected chi connectivity index (χ4v) is 3.88. The smallest absolute Gasteiger partial charge is 0.271 e. The largest absolute Gasteiger partial charge is 0.381 e. The molecule has 0 unspecified atom stereocenters. The molecule has 0 atom stereocenters. The lowest BCUT2D eigenvalue weighted by Crippen LogP contribution is -2.28. The molecule has 168 valence electrons. The van der Waals surface area contributed by atoms with Crippen molar-refractivity contribution in [1.82, 2.24) is 24.8 Å². The molecule has 10 heteroatoms. The van der Waals surface area contributed by atoms with Crippen LogP contribution in [0, 0.1) is 6.92 Å². The van der Waals surface area contributed by atoms with E-state index < -0.39 is 0 Å². The third kappa shape index (κ3) is 5.07. The molecule has 4 rings (SSSR count). The van der Waals surface area contributed by atoms with Crippen LogP contribution in [0.3, 0.4) is 0 Å². The standard InChI is InChI=1S/C22H26ClN7O2/c1-14-10-26-22(28-16-5-7-32-8-6-16)29-20(14)30-12-19(27-13-30)21(31)25-11-15-3-2-4-18(23)17(15)9-24/h2-4,10,12-13,16H,5-9,11,24H2,1H3,(H,25,31)(H,26,28,29). The number of anilines is 1. The molecule has 1 fully saturated rings. The Hall–Kier alpha value is -3.01. The zero-order valence-corrected chi connectivity index (χ0v) is 18.6. The number of hydrogen-bond acceptors (Lipinski definition) is 7. The van der Waals surface area contributed by atoms with Crippen LogP contribution in [0.2, 0.25) is 5.02 Å². The lowest BCUT2D eigenvalue weighted by Gasteiger charge is -2.23. The van der Waals surface area contributed by atoms with Crippen molar-refractivity contribution in [3.05, 3.63) is 64.3 Å². The molecule has 0 spiro atoms. The van der Waals surface area contributed by atoms with Gasteiger partial charge in [-0.3, -0.25) is 9.36 Å². The minimum atomic E-state index is -0.293. The summed E-state index contributed by atoms with van der Waals surface area (Å²) in [6, 6.07) is 5.80. The summed E-state index contributed by atoms with van der Waals surface area (Å²) in [5, 5.41) is 6.83. The molecule has 1 aliphatic heterocycles. The van der Waals surface area contributed by atoms with Gasteiger partial charge in [0.15, 0.2) is 0 Å². The number of amides is 1. The molecule has 0 aliphatic carbocycles. The molecule has 9 nitrogen and oxygen atoms in total. The van der Waals surface area contributed by atoms with Crippen molar-refractivity contribution >= 4 is 23.5 Å². The minimum Gasteiger partial charge on any atom is -0.381 e. The predicted octanol–water partition coefficient (Wildman–Crippen LogP) is 2.60. The van der Waals surface area contributed by atoms with Gasteiger partial charge in [0.1, 0.15) is 17.8 Å². The van der Waals surface area contributed by atoms with E-state index in [4.69, 9.17) is 22.1 Å². The van der Waals surface area contributed by atoms with Crippen LogP contribution < -0.4 is 16.4 Å². The van der Waals surface area contributed by atoms with Gasteiger partial charge in [0.05, 0.1) is 0 Å². The van der Waals surface area contributed by atoms with E-state index >= 15 is 0 Å². The van der Waals surface area contributed by atoms with E-state index in [-0.39, 0.29) is 11.9 Å². The van der Waals surface area contributed by atoms with Crippen LogP contribution in [0.4, 0.5) is 5.95 Å². The molecular weight excluding hydrogens is 430 g/mol. The van der Waals surface area contributed by atoms with Crippen molar-refractivity contribution in [3.8, 4) is 5.82 Å². The zero-order valence-electron chi connectivity index (χ0n) is 17.8. The van der Waals surface area contributed by atoms with Crippen LogP contribution in [0.15, 0.2) is 36.9 Å². The maximum absolute atomic E-state index is 12.7. The lowest BCUT2D eigenvalue weighted by atomic mass is 10.1. The summed E-state index contributed by atoms with van der Waals surface area (Å²) in [5.41, 5.74) is 8.65. The molecule has 3 aromatic rings. The number of nitrogens with two attached hydrogens (primary N) is 1. The lowest BCUT2D eigenvalue weighted by molar-refractivity contribution is 0.0903. The van der Waals surface area contributed by atoms with Gasteiger partial charge in [-0.1, -0.05) is 23.7 Å². The number of halogens is 1. The van der Waals surface area contributed by atoms with Crippen LogP contribution in [0.1, 0.15) is 40.0 Å². The van der Waals surface area contributed by atoms with Crippen molar-refractivity contribution in [3.63, 3.8) is 0 Å². The molecule has 2 aromatic heterocycles. The van der Waals surface area contributed by atoms with E-state index in [1.54, 1.807) is 29.4 Å². The average Bonchev–Trinajstić information content (AvgIpc) is 3.30. The summed E-state index contributed by atoms with van der Waals surface area (Å²) in [6.45, 7) is 4.00. The van der Waals surface area contributed by atoms with Gasteiger partial charge in [-0.2, -0.15) is 4.98 Å². The number of nitrogens with one attached hydrogen (secondary N) is 2. The molecular formula is C22H26ClN7O2. The van der Waals surface area contributed by atoms with E-state index in [9.17, 15) is 4.79 Å². The van der Waals surface area contributed by atoms with Crippen molar-refractivity contribution < 1.29 is 9.53 Å². The quantitative estimate of drug-likeness (QED) is 0.500. The SMILES string of the molecule is Cc1cnc(NC2CCOCC2)nc1-n1cnc(C(=O)NCc2cccc(Cl)c2CN)c1. The number of rotatable bonds is 7. The number of carbonyl (C=O) groups is 1. The molecule has 0 saturated carbocycles. The minimum absolute atomic E-state index is 0.285. The van der Waals surface area contributed by atoms with E-state index in [2.05, 4.69) is 25.6 Å². The highest BCUT2D eigenvalue weighted by Crippen LogP contribution is 2.20. The topological polar surface area (TPSA) is 120 Å². The van der Waals surface area contributed by atoms with Gasteiger partial charge in [-0.25, -0.2) is 9.97 Å². The summed E-state index contributed by atoms with van der Waals surface area (Å²) >= 11 is 6.19. The summed E-state index contributed by atoms with van der Waals surface area (Å²) in [7, 11) is 0. The van der Waals surface area contributed by atoms with Gasteiger partial charge in [0, 0.05) is 55.3 Å². The van der Waals surface area contributed by atoms with Gasteiger partial charge < -0.3 is 21.1 Å². The van der Waals surface area contributed by atoms with Crippen LogP contribution in [0.25, 0.3) is 5.82 Å². The number of benzene rings is 1. The first-order valence-electron chi connectivity index (χ1n) is 10.5. The third-order valence-electron chi connectivity index (χ3n) is 5.42. The van der Waals surface area contributed by atoms with E-state index in [0.29, 0.717) is 35.6 Å². The summed E-state index contributed by atoms with van der Waals surface area (Å²) < 4.78 is 7.13. The number of ether oxygens (including phenoxy) is 1. The monoisotopic (exact) mass is 455 g/mol. The van der Waals surface area contributed by atoms with Crippen LogP contribution in [-0.2, 0) is 17.8 Å². The van der Waals surface area contributed by atoms with E-state index in [1.807, 2.05) is 19.1 Å². The molecule has 1 aromatic carbocycles. The Kier molecular flexibility index (Phi) is 6.99. The summed E-state index contributed by atoms with van der Waals surface area (Å²) in [5.74, 6) is 0.924. The Balaban J connectivity index is 1.45. The van der Waals surface area contributed by atoms with Crippen molar-refractivity contribution in [2.75, 3.05) is 18.5 Å². The third-order valence-corrected chi connectivity index (χ3v) is 5.77. The number of aromatic nitrogens is 4. The van der Waals surface area contributed by atoms with Crippen LogP contribution in [-0.4, -0.2) is 44.7 Å². The van der Waals surface area contributed by atoms with E-state index in [1.165, 1.54) is 0 Å². The first-order valence-corrected chi connectivity index (χ1v) is 10.9. The van der Waals surface area contributed by atoms with Crippen LogP contribution >= 0.6 is 11.6 Å². The van der Waals surface area contributed by atoms with Crippen molar-refractivity contribution in [2.24, 2.45) is 5.73 Å². The molecule has 1 amide bonds. The number of aryl methyl sites for hydroxylation is 1. The number of nitrogens with zero attached hydrogens (tertiary/aromatic N) is 4. The Morgan fingerprint density at radius 2 is 2.12 bits per heavy atom. The normalized spacial score (nSPS) is 14.3. The van der Waals surface area contributed by atoms with Gasteiger partial charge in [-0.15, -0.1) is 0 Å². The maximum Gasteiger partial charge on any atom is 0.271 e. The van der Waals surface area contributed by atoms with Gasteiger partial charge in [-0.05, 0) is 37.0 Å². The Morgan fingerprint density at radius 1 is 1.31 bits per heavy atom. The Labute approximate surface area is 191 Å². The fourth-order valence-electron chi connectivity index (χ4n) is 3.61. The number of hydrogen-bond donors (Lipinski definition) is 3. The Morgan fingerprint density at radius 3 is 2.91 bits per heavy atom. The highest BCUT2D eigenvalue weighted by Gasteiger charge is 2.17. The van der Waals surface area contributed by atoms with Gasteiger partial charge >= 0.3 is 0 Å². The Bertz CT molecular complexity index is 1100. The molecule has 1 aliphatic rings. The first-order chi connectivity index (χ1) is 15.5. The molecule has 1 saturated heterocycles. The highest BCUT2D eigenvalue weighted by atomic mass is 35.5. The van der Waals surface area contributed by atoms with Crippen LogP contribution in [0.5, 0.6) is 0 Å². The fraction of sp³-hybridized carbons (Fsp3) is 0.364.